The van der Waals surface area contributed by atoms with Crippen LogP contribution in [0.5, 0.6) is 0 Å². The van der Waals surface area contributed by atoms with E-state index in [1.54, 1.807) is 34.1 Å². The number of carbonyl (C=O) groups is 1. The van der Waals surface area contributed by atoms with Crippen molar-refractivity contribution < 1.29 is 4.79 Å². The van der Waals surface area contributed by atoms with E-state index in [0.29, 0.717) is 24.5 Å². The molecule has 2 amide bonds. The highest BCUT2D eigenvalue weighted by atomic mass is 16.2. The predicted octanol–water partition coefficient (Wildman–Crippen LogP) is 2.30. The minimum Gasteiger partial charge on any atom is -0.399 e. The Morgan fingerprint density at radius 1 is 0.700 bits per heavy atom. The van der Waals surface area contributed by atoms with E-state index >= 15 is 0 Å². The van der Waals surface area contributed by atoms with Crippen LogP contribution in [0, 0.1) is 0 Å². The summed E-state index contributed by atoms with van der Waals surface area (Å²) >= 11 is 0. The summed E-state index contributed by atoms with van der Waals surface area (Å²) in [7, 11) is 0. The summed E-state index contributed by atoms with van der Waals surface area (Å²) in [6, 6.07) is 14.6. The first-order chi connectivity index (χ1) is 9.65. The van der Waals surface area contributed by atoms with E-state index < -0.39 is 0 Å². The number of nitrogens with zero attached hydrogens (tertiary/aromatic N) is 2. The van der Waals surface area contributed by atoms with Gasteiger partial charge in [-0.15, -0.1) is 0 Å². The summed E-state index contributed by atoms with van der Waals surface area (Å²) in [4.78, 5) is 16.0. The molecule has 0 atom stereocenters. The lowest BCUT2D eigenvalue weighted by atomic mass is 10.2. The molecule has 0 radical (unpaired) electrons. The number of urea groups is 1. The van der Waals surface area contributed by atoms with Crippen LogP contribution >= 0.6 is 0 Å². The number of hydrogen-bond donors (Lipinski definition) is 2. The second-order valence-corrected chi connectivity index (χ2v) is 4.77. The zero-order chi connectivity index (χ0) is 14.1. The maximum absolute atomic E-state index is 12.5. The third kappa shape index (κ3) is 2.14. The third-order valence-electron chi connectivity index (χ3n) is 3.42. The van der Waals surface area contributed by atoms with Crippen LogP contribution in [0.25, 0.3) is 0 Å². The van der Waals surface area contributed by atoms with Crippen molar-refractivity contribution in [1.82, 2.24) is 0 Å². The van der Waals surface area contributed by atoms with Gasteiger partial charge in [0.1, 0.15) is 0 Å². The number of amides is 2. The number of hydrogen-bond acceptors (Lipinski definition) is 3. The van der Waals surface area contributed by atoms with Crippen LogP contribution in [0.1, 0.15) is 0 Å². The molecule has 3 rings (SSSR count). The number of nitrogens with two attached hydrogens (primary N) is 2. The van der Waals surface area contributed by atoms with Crippen LogP contribution in [0.2, 0.25) is 0 Å². The Hall–Kier alpha value is -2.69. The van der Waals surface area contributed by atoms with Crippen molar-refractivity contribution in [1.29, 1.82) is 0 Å². The molecule has 20 heavy (non-hydrogen) atoms. The SMILES string of the molecule is Nc1ccc(N2CCN(c3ccc(N)cc3)C2=O)cc1. The number of anilines is 4. The van der Waals surface area contributed by atoms with Gasteiger partial charge in [-0.25, -0.2) is 4.79 Å². The van der Waals surface area contributed by atoms with Crippen molar-refractivity contribution in [3.05, 3.63) is 48.5 Å². The normalized spacial score (nSPS) is 14.9. The molecule has 1 heterocycles. The molecule has 1 saturated heterocycles. The zero-order valence-electron chi connectivity index (χ0n) is 11.0. The molecule has 5 nitrogen and oxygen atoms in total. The second kappa shape index (κ2) is 4.77. The van der Waals surface area contributed by atoms with E-state index in [2.05, 4.69) is 0 Å². The summed E-state index contributed by atoms with van der Waals surface area (Å²) in [6.07, 6.45) is 0. The average molecular weight is 268 g/mol. The Bertz CT molecular complexity index is 566. The number of carbonyl (C=O) groups excluding carboxylic acids is 1. The fourth-order valence-electron chi connectivity index (χ4n) is 2.32. The van der Waals surface area contributed by atoms with E-state index in [1.807, 2.05) is 24.3 Å². The summed E-state index contributed by atoms with van der Waals surface area (Å²) in [6.45, 7) is 1.32. The summed E-state index contributed by atoms with van der Waals surface area (Å²) < 4.78 is 0. The Morgan fingerprint density at radius 3 is 1.40 bits per heavy atom. The topological polar surface area (TPSA) is 75.6 Å². The molecule has 102 valence electrons. The highest BCUT2D eigenvalue weighted by Crippen LogP contribution is 2.26. The first-order valence-corrected chi connectivity index (χ1v) is 6.45. The van der Waals surface area contributed by atoms with Gasteiger partial charge in [0.05, 0.1) is 0 Å². The van der Waals surface area contributed by atoms with Crippen LogP contribution in [-0.2, 0) is 0 Å². The molecule has 2 aromatic rings. The quantitative estimate of drug-likeness (QED) is 0.820. The molecule has 4 N–H and O–H groups in total. The minimum atomic E-state index is -0.0282. The fourth-order valence-corrected chi connectivity index (χ4v) is 2.32. The molecule has 0 unspecified atom stereocenters. The van der Waals surface area contributed by atoms with E-state index in [-0.39, 0.29) is 6.03 Å². The largest absolute Gasteiger partial charge is 0.399 e. The van der Waals surface area contributed by atoms with Crippen molar-refractivity contribution in [2.75, 3.05) is 34.4 Å². The molecule has 0 aromatic heterocycles. The van der Waals surface area contributed by atoms with Gasteiger partial charge in [-0.3, -0.25) is 9.80 Å². The van der Waals surface area contributed by atoms with Crippen LogP contribution < -0.4 is 21.3 Å². The highest BCUT2D eigenvalue weighted by Gasteiger charge is 2.30. The van der Waals surface area contributed by atoms with Crippen LogP contribution in [0.3, 0.4) is 0 Å². The first-order valence-electron chi connectivity index (χ1n) is 6.45. The second-order valence-electron chi connectivity index (χ2n) is 4.77. The summed E-state index contributed by atoms with van der Waals surface area (Å²) in [5, 5.41) is 0. The van der Waals surface area contributed by atoms with Gasteiger partial charge in [0, 0.05) is 35.8 Å². The van der Waals surface area contributed by atoms with Crippen LogP contribution in [0.15, 0.2) is 48.5 Å². The number of nitrogen functional groups attached to an aromatic ring is 2. The molecule has 1 aliphatic rings. The lowest BCUT2D eigenvalue weighted by Crippen LogP contribution is -2.31. The summed E-state index contributed by atoms with van der Waals surface area (Å²) in [5.41, 5.74) is 14.4. The predicted molar refractivity (Wildman–Crippen MR) is 81.8 cm³/mol. The van der Waals surface area contributed by atoms with Crippen molar-refractivity contribution >= 4 is 28.8 Å². The van der Waals surface area contributed by atoms with E-state index in [4.69, 9.17) is 11.5 Å². The highest BCUT2D eigenvalue weighted by molar-refractivity contribution is 6.06. The number of benzene rings is 2. The maximum atomic E-state index is 12.5. The van der Waals surface area contributed by atoms with Crippen LogP contribution in [-0.4, -0.2) is 19.1 Å². The van der Waals surface area contributed by atoms with Gasteiger partial charge in [-0.2, -0.15) is 0 Å². The van der Waals surface area contributed by atoms with Crippen molar-refractivity contribution in [2.45, 2.75) is 0 Å². The van der Waals surface area contributed by atoms with Gasteiger partial charge >= 0.3 is 6.03 Å². The first kappa shape index (κ1) is 12.3. The monoisotopic (exact) mass is 268 g/mol. The Balaban J connectivity index is 1.83. The molecule has 1 fully saturated rings. The summed E-state index contributed by atoms with van der Waals surface area (Å²) in [5.74, 6) is 0. The molecular formula is C15H16N4O. The van der Waals surface area contributed by atoms with Crippen molar-refractivity contribution in [3.63, 3.8) is 0 Å². The average Bonchev–Trinajstić information content (AvgIpc) is 2.83. The molecule has 5 heteroatoms. The molecule has 0 spiro atoms. The lowest BCUT2D eigenvalue weighted by molar-refractivity contribution is 0.256. The fraction of sp³-hybridized carbons (Fsp3) is 0.133. The van der Waals surface area contributed by atoms with Gasteiger partial charge < -0.3 is 11.5 Å². The Kier molecular flexibility index (Phi) is 2.95. The van der Waals surface area contributed by atoms with Gasteiger partial charge in [0.25, 0.3) is 0 Å². The molecule has 0 saturated carbocycles. The molecule has 0 bridgehead atoms. The molecular weight excluding hydrogens is 252 g/mol. The molecule has 0 aliphatic carbocycles. The van der Waals surface area contributed by atoms with Crippen molar-refractivity contribution in [2.24, 2.45) is 0 Å². The van der Waals surface area contributed by atoms with Gasteiger partial charge in [-0.05, 0) is 48.5 Å². The van der Waals surface area contributed by atoms with Gasteiger partial charge in [0.15, 0.2) is 0 Å². The lowest BCUT2D eigenvalue weighted by Gasteiger charge is -2.19. The maximum Gasteiger partial charge on any atom is 0.329 e. The van der Waals surface area contributed by atoms with E-state index in [0.717, 1.165) is 11.4 Å². The van der Waals surface area contributed by atoms with Gasteiger partial charge in [-0.1, -0.05) is 0 Å². The zero-order valence-corrected chi connectivity index (χ0v) is 11.0. The standard InChI is InChI=1S/C15H16N4O/c16-11-1-5-13(6-2-11)18-9-10-19(15(18)20)14-7-3-12(17)4-8-14/h1-8H,9-10,16-17H2. The molecule has 2 aromatic carbocycles. The van der Waals surface area contributed by atoms with Crippen LogP contribution in [0.4, 0.5) is 27.5 Å². The van der Waals surface area contributed by atoms with Gasteiger partial charge in [0.2, 0.25) is 0 Å². The van der Waals surface area contributed by atoms with E-state index in [1.165, 1.54) is 0 Å². The van der Waals surface area contributed by atoms with E-state index in [9.17, 15) is 4.79 Å². The Labute approximate surface area is 117 Å². The third-order valence-corrected chi connectivity index (χ3v) is 3.42. The smallest absolute Gasteiger partial charge is 0.329 e. The number of rotatable bonds is 2. The van der Waals surface area contributed by atoms with Crippen molar-refractivity contribution in [3.8, 4) is 0 Å². The molecule has 1 aliphatic heterocycles. The Morgan fingerprint density at radius 2 is 1.05 bits per heavy atom. The minimum absolute atomic E-state index is 0.0282.